The molecule has 2 unspecified atom stereocenters. The predicted molar refractivity (Wildman–Crippen MR) is 68.3 cm³/mol. The molecule has 0 spiro atoms. The summed E-state index contributed by atoms with van der Waals surface area (Å²) in [5.74, 6) is 2.45. The normalized spacial score (nSPS) is 25.8. The first-order valence-corrected chi connectivity index (χ1v) is 7.21. The van der Waals surface area contributed by atoms with E-state index in [2.05, 4.69) is 15.9 Å². The van der Waals surface area contributed by atoms with E-state index in [0.717, 1.165) is 28.0 Å². The van der Waals surface area contributed by atoms with Crippen LogP contribution >= 0.6 is 39.3 Å². The molecule has 1 aromatic carbocycles. The summed E-state index contributed by atoms with van der Waals surface area (Å²) in [6.07, 6.45) is 0.933. The summed E-state index contributed by atoms with van der Waals surface area (Å²) in [6.45, 7) is 0. The van der Waals surface area contributed by atoms with Crippen LogP contribution in [0.3, 0.4) is 0 Å². The highest BCUT2D eigenvalue weighted by molar-refractivity contribution is 9.10. The molecular weight excluding hydrogens is 299 g/mol. The molecule has 1 fully saturated rings. The highest BCUT2D eigenvalue weighted by Gasteiger charge is 2.26. The van der Waals surface area contributed by atoms with Gasteiger partial charge >= 0.3 is 0 Å². The van der Waals surface area contributed by atoms with E-state index in [1.165, 1.54) is 12.1 Å². The van der Waals surface area contributed by atoms with Gasteiger partial charge in [0.2, 0.25) is 0 Å². The van der Waals surface area contributed by atoms with E-state index in [4.69, 9.17) is 11.6 Å². The molecule has 4 heteroatoms. The Balaban J connectivity index is 2.10. The average Bonchev–Trinajstić information content (AvgIpc) is 2.57. The summed E-state index contributed by atoms with van der Waals surface area (Å²) in [5, 5.41) is 0.256. The zero-order valence-electron chi connectivity index (χ0n) is 8.05. The van der Waals surface area contributed by atoms with Gasteiger partial charge in [0.05, 0.1) is 0 Å². The zero-order chi connectivity index (χ0) is 10.8. The van der Waals surface area contributed by atoms with Gasteiger partial charge in [-0.15, -0.1) is 11.6 Å². The van der Waals surface area contributed by atoms with Gasteiger partial charge in [-0.1, -0.05) is 22.0 Å². The van der Waals surface area contributed by atoms with Crippen molar-refractivity contribution in [3.05, 3.63) is 34.1 Å². The molecule has 1 aliphatic rings. The Morgan fingerprint density at radius 3 is 2.87 bits per heavy atom. The molecule has 0 aliphatic carbocycles. The Morgan fingerprint density at radius 1 is 1.47 bits per heavy atom. The smallest absolute Gasteiger partial charge is 0.124 e. The van der Waals surface area contributed by atoms with E-state index in [1.807, 2.05) is 17.8 Å². The van der Waals surface area contributed by atoms with Crippen molar-refractivity contribution in [2.45, 2.75) is 11.8 Å². The molecule has 82 valence electrons. The second kappa shape index (κ2) is 5.07. The fraction of sp³-hybridized carbons (Fsp3) is 0.455. The highest BCUT2D eigenvalue weighted by atomic mass is 79.9. The minimum atomic E-state index is -0.200. The van der Waals surface area contributed by atoms with Crippen LogP contribution in [-0.4, -0.2) is 16.9 Å². The Kier molecular flexibility index (Phi) is 3.97. The van der Waals surface area contributed by atoms with Crippen molar-refractivity contribution in [1.82, 2.24) is 0 Å². The Hall–Kier alpha value is 0.270. The van der Waals surface area contributed by atoms with Crippen molar-refractivity contribution in [3.63, 3.8) is 0 Å². The molecule has 0 bridgehead atoms. The Bertz CT molecular complexity index is 358. The van der Waals surface area contributed by atoms with E-state index < -0.39 is 0 Å². The molecule has 2 atom stereocenters. The number of alkyl halides is 1. The summed E-state index contributed by atoms with van der Waals surface area (Å²) >= 11 is 11.5. The van der Waals surface area contributed by atoms with E-state index in [0.29, 0.717) is 5.92 Å². The van der Waals surface area contributed by atoms with Crippen LogP contribution in [0, 0.1) is 11.7 Å². The first kappa shape index (κ1) is 11.7. The molecule has 1 aromatic rings. The van der Waals surface area contributed by atoms with Crippen LogP contribution in [0.15, 0.2) is 22.7 Å². The first-order valence-electron chi connectivity index (χ1n) is 4.82. The van der Waals surface area contributed by atoms with Crippen molar-refractivity contribution >= 4 is 39.3 Å². The van der Waals surface area contributed by atoms with Gasteiger partial charge in [-0.2, -0.15) is 11.8 Å². The molecule has 0 amide bonds. The second-order valence-corrected chi connectivity index (χ2v) is 6.24. The molecule has 0 radical (unpaired) electrons. The Morgan fingerprint density at radius 2 is 2.27 bits per heavy atom. The lowest BCUT2D eigenvalue weighted by Gasteiger charge is -2.13. The largest absolute Gasteiger partial charge is 0.207 e. The summed E-state index contributed by atoms with van der Waals surface area (Å²) < 4.78 is 13.7. The molecule has 1 heterocycles. The van der Waals surface area contributed by atoms with Crippen LogP contribution in [-0.2, 0) is 6.42 Å². The molecule has 1 aliphatic heterocycles. The van der Waals surface area contributed by atoms with Gasteiger partial charge in [0.15, 0.2) is 0 Å². The SMILES string of the molecule is Fc1ccc(CC2CSCC2Cl)c(Br)c1. The summed E-state index contributed by atoms with van der Waals surface area (Å²) in [4.78, 5) is 0. The van der Waals surface area contributed by atoms with Crippen molar-refractivity contribution in [1.29, 1.82) is 0 Å². The Labute approximate surface area is 107 Å². The van der Waals surface area contributed by atoms with E-state index in [1.54, 1.807) is 0 Å². The number of thioether (sulfide) groups is 1. The third-order valence-corrected chi connectivity index (χ3v) is 5.31. The van der Waals surface area contributed by atoms with Crippen LogP contribution in [0.25, 0.3) is 0 Å². The minimum Gasteiger partial charge on any atom is -0.207 e. The monoisotopic (exact) mass is 308 g/mol. The number of hydrogen-bond acceptors (Lipinski definition) is 1. The highest BCUT2D eigenvalue weighted by Crippen LogP contribution is 2.32. The van der Waals surface area contributed by atoms with Crippen molar-refractivity contribution in [2.75, 3.05) is 11.5 Å². The van der Waals surface area contributed by atoms with E-state index >= 15 is 0 Å². The summed E-state index contributed by atoms with van der Waals surface area (Å²) in [5.41, 5.74) is 1.15. The van der Waals surface area contributed by atoms with Gasteiger partial charge in [0, 0.05) is 15.6 Å². The maximum absolute atomic E-state index is 12.9. The van der Waals surface area contributed by atoms with Crippen LogP contribution in [0.4, 0.5) is 4.39 Å². The lowest BCUT2D eigenvalue weighted by atomic mass is 9.98. The lowest BCUT2D eigenvalue weighted by molar-refractivity contribution is 0.596. The maximum atomic E-state index is 12.9. The molecule has 2 rings (SSSR count). The van der Waals surface area contributed by atoms with Gasteiger partial charge in [0.1, 0.15) is 5.82 Å². The number of halogens is 3. The third kappa shape index (κ3) is 2.89. The summed E-state index contributed by atoms with van der Waals surface area (Å²) in [6, 6.07) is 4.86. The van der Waals surface area contributed by atoms with Crippen LogP contribution in [0.5, 0.6) is 0 Å². The quantitative estimate of drug-likeness (QED) is 0.741. The van der Waals surface area contributed by atoms with Crippen molar-refractivity contribution in [3.8, 4) is 0 Å². The molecule has 0 nitrogen and oxygen atoms in total. The zero-order valence-corrected chi connectivity index (χ0v) is 11.2. The maximum Gasteiger partial charge on any atom is 0.124 e. The van der Waals surface area contributed by atoms with Gasteiger partial charge in [-0.25, -0.2) is 4.39 Å². The summed E-state index contributed by atoms with van der Waals surface area (Å²) in [7, 11) is 0. The van der Waals surface area contributed by atoms with Gasteiger partial charge in [-0.3, -0.25) is 0 Å². The van der Waals surface area contributed by atoms with Gasteiger partial charge in [-0.05, 0) is 35.8 Å². The molecule has 0 N–H and O–H groups in total. The van der Waals surface area contributed by atoms with Crippen LogP contribution in [0.1, 0.15) is 5.56 Å². The molecule has 1 saturated heterocycles. The lowest BCUT2D eigenvalue weighted by Crippen LogP contribution is -2.15. The third-order valence-electron chi connectivity index (χ3n) is 2.62. The molecule has 0 saturated carbocycles. The van der Waals surface area contributed by atoms with Crippen molar-refractivity contribution < 1.29 is 4.39 Å². The minimum absolute atomic E-state index is 0.200. The van der Waals surface area contributed by atoms with Gasteiger partial charge in [0.25, 0.3) is 0 Å². The average molecular weight is 310 g/mol. The topological polar surface area (TPSA) is 0 Å². The van der Waals surface area contributed by atoms with Crippen molar-refractivity contribution in [2.24, 2.45) is 5.92 Å². The molecule has 0 aromatic heterocycles. The predicted octanol–water partition coefficient (Wildman–Crippen LogP) is 4.10. The first-order chi connectivity index (χ1) is 7.16. The fourth-order valence-electron chi connectivity index (χ4n) is 1.73. The van der Waals surface area contributed by atoms with Crippen LogP contribution < -0.4 is 0 Å². The van der Waals surface area contributed by atoms with E-state index in [9.17, 15) is 4.39 Å². The second-order valence-electron chi connectivity index (χ2n) is 3.75. The number of rotatable bonds is 2. The van der Waals surface area contributed by atoms with Crippen LogP contribution in [0.2, 0.25) is 0 Å². The number of hydrogen-bond donors (Lipinski definition) is 0. The fourth-order valence-corrected chi connectivity index (χ4v) is 4.08. The molecular formula is C11H11BrClFS. The van der Waals surface area contributed by atoms with Gasteiger partial charge < -0.3 is 0 Å². The standard InChI is InChI=1S/C11H11BrClFS/c12-10-4-9(14)2-1-7(10)3-8-5-15-6-11(8)13/h1-2,4,8,11H,3,5-6H2. The molecule has 15 heavy (non-hydrogen) atoms. The number of benzene rings is 1. The van der Waals surface area contributed by atoms with E-state index in [-0.39, 0.29) is 11.2 Å².